The van der Waals surface area contributed by atoms with Gasteiger partial charge in [0.2, 0.25) is 0 Å². The summed E-state index contributed by atoms with van der Waals surface area (Å²) in [6.07, 6.45) is 0. The van der Waals surface area contributed by atoms with Crippen molar-refractivity contribution in [3.05, 3.63) is 63.3 Å². The average molecular weight is 362 g/mol. The minimum absolute atomic E-state index is 0.0361. The number of halogens is 4. The van der Waals surface area contributed by atoms with Crippen molar-refractivity contribution in [2.24, 2.45) is 5.10 Å². The fourth-order valence-corrected chi connectivity index (χ4v) is 2.19. The Hall–Kier alpha value is -1.10. The molecule has 0 amide bonds. The van der Waals surface area contributed by atoms with Gasteiger partial charge in [-0.2, -0.15) is 5.10 Å². The molecule has 0 saturated carbocycles. The number of hydrogen-bond acceptors (Lipinski definition) is 2. The van der Waals surface area contributed by atoms with E-state index >= 15 is 0 Å². The highest BCUT2D eigenvalue weighted by Crippen LogP contribution is 2.22. The van der Waals surface area contributed by atoms with Gasteiger partial charge in [-0.1, -0.05) is 45.2 Å². The Kier molecular flexibility index (Phi) is 4.80. The Bertz CT molecular complexity index is 594. The fraction of sp³-hybridized carbons (Fsp3) is 0. The van der Waals surface area contributed by atoms with Gasteiger partial charge in [0.1, 0.15) is 5.82 Å². The van der Waals surface area contributed by atoms with Crippen LogP contribution >= 0.6 is 39.1 Å². The molecule has 98 valence electrons. The molecule has 0 atom stereocenters. The SMILES string of the molecule is Fc1cccc(Cl)c1C(Cl)=NNc1ccc(Br)cc1. The van der Waals surface area contributed by atoms with Crippen LogP contribution in [-0.4, -0.2) is 5.17 Å². The van der Waals surface area contributed by atoms with Crippen molar-refractivity contribution in [2.45, 2.75) is 0 Å². The Morgan fingerprint density at radius 1 is 1.16 bits per heavy atom. The van der Waals surface area contributed by atoms with E-state index in [-0.39, 0.29) is 15.8 Å². The highest BCUT2D eigenvalue weighted by Gasteiger charge is 2.11. The molecule has 19 heavy (non-hydrogen) atoms. The third kappa shape index (κ3) is 3.69. The zero-order valence-corrected chi connectivity index (χ0v) is 12.6. The normalized spacial score (nSPS) is 11.5. The molecule has 2 aromatic rings. The molecule has 2 aromatic carbocycles. The second-order valence-electron chi connectivity index (χ2n) is 3.62. The summed E-state index contributed by atoms with van der Waals surface area (Å²) in [6.45, 7) is 0. The topological polar surface area (TPSA) is 24.4 Å². The van der Waals surface area contributed by atoms with Gasteiger partial charge in [-0.3, -0.25) is 5.43 Å². The molecule has 0 aliphatic rings. The average Bonchev–Trinajstić information content (AvgIpc) is 2.38. The summed E-state index contributed by atoms with van der Waals surface area (Å²) in [4.78, 5) is 0. The van der Waals surface area contributed by atoms with Crippen molar-refractivity contribution in [3.8, 4) is 0 Å². The summed E-state index contributed by atoms with van der Waals surface area (Å²) in [5.74, 6) is -0.515. The molecule has 0 aliphatic heterocycles. The van der Waals surface area contributed by atoms with Crippen molar-refractivity contribution >= 4 is 50.0 Å². The minimum Gasteiger partial charge on any atom is -0.277 e. The summed E-state index contributed by atoms with van der Waals surface area (Å²) >= 11 is 15.2. The molecule has 0 saturated heterocycles. The first-order chi connectivity index (χ1) is 9.08. The van der Waals surface area contributed by atoms with Gasteiger partial charge in [-0.05, 0) is 36.4 Å². The molecule has 0 aliphatic carbocycles. The zero-order chi connectivity index (χ0) is 13.8. The molecule has 0 bridgehead atoms. The Balaban J connectivity index is 2.22. The van der Waals surface area contributed by atoms with Crippen LogP contribution in [0.3, 0.4) is 0 Å². The smallest absolute Gasteiger partial charge is 0.160 e. The number of hydrogen-bond donors (Lipinski definition) is 1. The maximum atomic E-state index is 13.6. The van der Waals surface area contributed by atoms with Crippen LogP contribution in [0.5, 0.6) is 0 Å². The first kappa shape index (κ1) is 14.3. The summed E-state index contributed by atoms with van der Waals surface area (Å²) in [5.41, 5.74) is 3.54. The van der Waals surface area contributed by atoms with Crippen molar-refractivity contribution in [1.82, 2.24) is 0 Å². The standard InChI is InChI=1S/C13H8BrCl2FN2/c14-8-4-6-9(7-5-8)18-19-13(16)12-10(15)2-1-3-11(12)17/h1-7,18H. The van der Waals surface area contributed by atoms with Gasteiger partial charge in [0, 0.05) is 4.47 Å². The zero-order valence-electron chi connectivity index (χ0n) is 9.50. The first-order valence-corrected chi connectivity index (χ1v) is 6.82. The molecule has 2 rings (SSSR count). The third-order valence-corrected chi connectivity index (χ3v) is 3.41. The first-order valence-electron chi connectivity index (χ1n) is 5.27. The van der Waals surface area contributed by atoms with Gasteiger partial charge in [0.05, 0.1) is 16.3 Å². The summed E-state index contributed by atoms with van der Waals surface area (Å²) < 4.78 is 14.5. The lowest BCUT2D eigenvalue weighted by molar-refractivity contribution is 0.626. The number of rotatable bonds is 3. The van der Waals surface area contributed by atoms with Crippen LogP contribution in [-0.2, 0) is 0 Å². The lowest BCUT2D eigenvalue weighted by Gasteiger charge is -2.05. The second-order valence-corrected chi connectivity index (χ2v) is 5.30. The minimum atomic E-state index is -0.515. The van der Waals surface area contributed by atoms with Crippen LogP contribution in [0.4, 0.5) is 10.1 Å². The third-order valence-electron chi connectivity index (χ3n) is 2.30. The van der Waals surface area contributed by atoms with Crippen molar-refractivity contribution in [3.63, 3.8) is 0 Å². The van der Waals surface area contributed by atoms with Crippen LogP contribution in [0, 0.1) is 5.82 Å². The Labute approximate surface area is 128 Å². The lowest BCUT2D eigenvalue weighted by atomic mass is 10.2. The quantitative estimate of drug-likeness (QED) is 0.585. The van der Waals surface area contributed by atoms with Crippen LogP contribution in [0.2, 0.25) is 5.02 Å². The number of hydrazone groups is 1. The van der Waals surface area contributed by atoms with E-state index in [0.717, 1.165) is 10.2 Å². The van der Waals surface area contributed by atoms with E-state index in [4.69, 9.17) is 23.2 Å². The van der Waals surface area contributed by atoms with E-state index in [2.05, 4.69) is 26.5 Å². The second kappa shape index (κ2) is 6.37. The van der Waals surface area contributed by atoms with E-state index in [9.17, 15) is 4.39 Å². The highest BCUT2D eigenvalue weighted by atomic mass is 79.9. The van der Waals surface area contributed by atoms with Gasteiger partial charge in [0.25, 0.3) is 0 Å². The Morgan fingerprint density at radius 2 is 1.84 bits per heavy atom. The van der Waals surface area contributed by atoms with E-state index in [0.29, 0.717) is 0 Å². The number of nitrogens with one attached hydrogen (secondary N) is 1. The maximum Gasteiger partial charge on any atom is 0.160 e. The molecule has 0 heterocycles. The molecule has 1 N–H and O–H groups in total. The molecular formula is C13H8BrCl2FN2. The van der Waals surface area contributed by atoms with E-state index < -0.39 is 5.82 Å². The molecule has 2 nitrogen and oxygen atoms in total. The molecular weight excluding hydrogens is 354 g/mol. The van der Waals surface area contributed by atoms with Gasteiger partial charge in [-0.25, -0.2) is 4.39 Å². The summed E-state index contributed by atoms with van der Waals surface area (Å²) in [7, 11) is 0. The summed E-state index contributed by atoms with van der Waals surface area (Å²) in [5, 5.41) is 4.09. The van der Waals surface area contributed by atoms with Crippen molar-refractivity contribution in [1.29, 1.82) is 0 Å². The van der Waals surface area contributed by atoms with Crippen LogP contribution in [0.1, 0.15) is 5.56 Å². The van der Waals surface area contributed by atoms with E-state index in [1.54, 1.807) is 18.2 Å². The number of benzene rings is 2. The molecule has 0 unspecified atom stereocenters. The molecule has 0 spiro atoms. The van der Waals surface area contributed by atoms with Crippen LogP contribution < -0.4 is 5.43 Å². The van der Waals surface area contributed by atoms with Crippen molar-refractivity contribution < 1.29 is 4.39 Å². The predicted octanol–water partition coefficient (Wildman–Crippen LogP) is 5.25. The number of nitrogens with zero attached hydrogens (tertiary/aromatic N) is 1. The van der Waals surface area contributed by atoms with Gasteiger partial charge in [0.15, 0.2) is 5.17 Å². The fourth-order valence-electron chi connectivity index (χ4n) is 1.39. The Morgan fingerprint density at radius 3 is 2.47 bits per heavy atom. The molecule has 0 fully saturated rings. The largest absolute Gasteiger partial charge is 0.277 e. The molecule has 0 aromatic heterocycles. The maximum absolute atomic E-state index is 13.6. The highest BCUT2D eigenvalue weighted by molar-refractivity contribution is 9.10. The molecule has 0 radical (unpaired) electrons. The van der Waals surface area contributed by atoms with Crippen LogP contribution in [0.25, 0.3) is 0 Å². The summed E-state index contributed by atoms with van der Waals surface area (Å²) in [6, 6.07) is 11.6. The van der Waals surface area contributed by atoms with Crippen molar-refractivity contribution in [2.75, 3.05) is 5.43 Å². The van der Waals surface area contributed by atoms with E-state index in [1.165, 1.54) is 12.1 Å². The van der Waals surface area contributed by atoms with Gasteiger partial charge in [-0.15, -0.1) is 0 Å². The van der Waals surface area contributed by atoms with Gasteiger partial charge < -0.3 is 0 Å². The van der Waals surface area contributed by atoms with Gasteiger partial charge >= 0.3 is 0 Å². The molecule has 6 heteroatoms. The predicted molar refractivity (Wildman–Crippen MR) is 81.6 cm³/mol. The van der Waals surface area contributed by atoms with Crippen LogP contribution in [0.15, 0.2) is 52.0 Å². The number of anilines is 1. The van der Waals surface area contributed by atoms with E-state index in [1.807, 2.05) is 12.1 Å². The lowest BCUT2D eigenvalue weighted by Crippen LogP contribution is -2.01. The monoisotopic (exact) mass is 360 g/mol.